The van der Waals surface area contributed by atoms with Crippen molar-refractivity contribution in [1.29, 1.82) is 0 Å². The van der Waals surface area contributed by atoms with Gasteiger partial charge in [-0.25, -0.2) is 4.39 Å². The van der Waals surface area contributed by atoms with Crippen LogP contribution in [0.25, 0.3) is 0 Å². The molecule has 1 aliphatic rings. The van der Waals surface area contributed by atoms with Crippen molar-refractivity contribution in [3.05, 3.63) is 29.6 Å². The van der Waals surface area contributed by atoms with E-state index in [-0.39, 0.29) is 23.8 Å². The first-order chi connectivity index (χ1) is 10.4. The van der Waals surface area contributed by atoms with E-state index in [9.17, 15) is 14.0 Å². The molecule has 0 aromatic heterocycles. The molecule has 1 saturated heterocycles. The van der Waals surface area contributed by atoms with Crippen molar-refractivity contribution in [3.63, 3.8) is 0 Å². The Morgan fingerprint density at radius 2 is 2.05 bits per heavy atom. The topological polar surface area (TPSA) is 75.9 Å². The van der Waals surface area contributed by atoms with E-state index in [0.29, 0.717) is 19.6 Å². The molecule has 7 heteroatoms. The predicted molar refractivity (Wildman–Crippen MR) is 79.0 cm³/mol. The van der Waals surface area contributed by atoms with Gasteiger partial charge in [-0.2, -0.15) is 0 Å². The third kappa shape index (κ3) is 3.54. The molecule has 120 valence electrons. The summed E-state index contributed by atoms with van der Waals surface area (Å²) in [5.41, 5.74) is 5.61. The highest BCUT2D eigenvalue weighted by Crippen LogP contribution is 2.19. The van der Waals surface area contributed by atoms with Gasteiger partial charge in [0.15, 0.2) is 11.6 Å². The second-order valence-electron chi connectivity index (χ2n) is 5.46. The summed E-state index contributed by atoms with van der Waals surface area (Å²) in [5, 5.41) is 0. The molecule has 1 aromatic rings. The lowest BCUT2D eigenvalue weighted by molar-refractivity contribution is -0.122. The van der Waals surface area contributed by atoms with E-state index < -0.39 is 17.6 Å². The van der Waals surface area contributed by atoms with Gasteiger partial charge >= 0.3 is 0 Å². The first kappa shape index (κ1) is 16.2. The highest BCUT2D eigenvalue weighted by Gasteiger charge is 2.28. The molecule has 1 aliphatic heterocycles. The second-order valence-corrected chi connectivity index (χ2v) is 5.46. The van der Waals surface area contributed by atoms with Gasteiger partial charge in [-0.3, -0.25) is 9.59 Å². The highest BCUT2D eigenvalue weighted by atomic mass is 19.1. The van der Waals surface area contributed by atoms with Crippen molar-refractivity contribution < 1.29 is 18.7 Å². The average molecular weight is 309 g/mol. The minimum atomic E-state index is -0.591. The zero-order valence-corrected chi connectivity index (χ0v) is 12.7. The smallest absolute Gasteiger partial charge is 0.254 e. The molecular formula is C15H20FN3O3. The number of ether oxygens (including phenoxy) is 1. The molecule has 0 unspecified atom stereocenters. The Morgan fingerprint density at radius 3 is 2.64 bits per heavy atom. The van der Waals surface area contributed by atoms with E-state index in [1.165, 1.54) is 19.2 Å². The molecule has 0 bridgehead atoms. The van der Waals surface area contributed by atoms with Gasteiger partial charge in [-0.1, -0.05) is 0 Å². The van der Waals surface area contributed by atoms with Gasteiger partial charge in [-0.15, -0.1) is 0 Å². The average Bonchev–Trinajstić information content (AvgIpc) is 2.68. The molecule has 2 rings (SSSR count). The van der Waals surface area contributed by atoms with Crippen LogP contribution in [0.4, 0.5) is 4.39 Å². The number of carbonyl (C=O) groups is 2. The summed E-state index contributed by atoms with van der Waals surface area (Å²) in [7, 11) is 3.24. The normalized spacial score (nSPS) is 19.6. The number of hydrogen-bond acceptors (Lipinski definition) is 4. The lowest BCUT2D eigenvalue weighted by Crippen LogP contribution is -2.40. The number of primary amides is 1. The van der Waals surface area contributed by atoms with E-state index in [1.54, 1.807) is 4.90 Å². The van der Waals surface area contributed by atoms with Crippen molar-refractivity contribution in [2.24, 2.45) is 11.7 Å². The van der Waals surface area contributed by atoms with E-state index in [4.69, 9.17) is 10.5 Å². The van der Waals surface area contributed by atoms with Crippen LogP contribution in [0, 0.1) is 11.7 Å². The third-order valence-corrected chi connectivity index (χ3v) is 3.81. The number of methoxy groups -OCH3 is 1. The SMILES string of the molecule is COc1ccc(C(=O)N2CCN(C)C[C@@H](C(N)=O)C2)cc1F. The zero-order valence-electron chi connectivity index (χ0n) is 12.7. The lowest BCUT2D eigenvalue weighted by atomic mass is 10.1. The Morgan fingerprint density at radius 1 is 1.32 bits per heavy atom. The number of nitrogens with zero attached hydrogens (tertiary/aromatic N) is 2. The standard InChI is InChI=1S/C15H20FN3O3/c1-18-5-6-19(9-11(8-18)14(17)20)15(21)10-3-4-13(22-2)12(16)7-10/h3-4,7,11H,5-6,8-9H2,1-2H3,(H2,17,20)/t11-/m1/s1. The van der Waals surface area contributed by atoms with Gasteiger partial charge in [0.05, 0.1) is 13.0 Å². The van der Waals surface area contributed by atoms with Crippen molar-refractivity contribution in [3.8, 4) is 5.75 Å². The molecule has 1 aromatic carbocycles. The maximum Gasteiger partial charge on any atom is 0.254 e. The Bertz CT molecular complexity index is 579. The fourth-order valence-electron chi connectivity index (χ4n) is 2.52. The van der Waals surface area contributed by atoms with E-state index in [1.807, 2.05) is 11.9 Å². The molecule has 1 fully saturated rings. The van der Waals surface area contributed by atoms with Gasteiger partial charge in [-0.05, 0) is 25.2 Å². The molecule has 0 aliphatic carbocycles. The van der Waals surface area contributed by atoms with Crippen LogP contribution in [0.15, 0.2) is 18.2 Å². The van der Waals surface area contributed by atoms with Crippen molar-refractivity contribution in [2.75, 3.05) is 40.3 Å². The van der Waals surface area contributed by atoms with Gasteiger partial charge < -0.3 is 20.3 Å². The van der Waals surface area contributed by atoms with E-state index >= 15 is 0 Å². The van der Waals surface area contributed by atoms with Crippen molar-refractivity contribution in [1.82, 2.24) is 9.80 Å². The van der Waals surface area contributed by atoms with Crippen LogP contribution >= 0.6 is 0 Å². The van der Waals surface area contributed by atoms with Gasteiger partial charge in [0.25, 0.3) is 5.91 Å². The summed E-state index contributed by atoms with van der Waals surface area (Å²) in [6.45, 7) is 1.85. The first-order valence-corrected chi connectivity index (χ1v) is 7.03. The third-order valence-electron chi connectivity index (χ3n) is 3.81. The first-order valence-electron chi connectivity index (χ1n) is 7.03. The molecule has 22 heavy (non-hydrogen) atoms. The minimum Gasteiger partial charge on any atom is -0.494 e. The highest BCUT2D eigenvalue weighted by molar-refractivity contribution is 5.94. The number of likely N-dealkylation sites (N-methyl/N-ethyl adjacent to an activating group) is 1. The quantitative estimate of drug-likeness (QED) is 0.873. The van der Waals surface area contributed by atoms with Crippen LogP contribution in [0.5, 0.6) is 5.75 Å². The Balaban J connectivity index is 2.20. The number of hydrogen-bond donors (Lipinski definition) is 1. The number of benzene rings is 1. The maximum absolute atomic E-state index is 13.7. The molecule has 0 spiro atoms. The molecule has 6 nitrogen and oxygen atoms in total. The number of nitrogens with two attached hydrogens (primary N) is 1. The summed E-state index contributed by atoms with van der Waals surface area (Å²) < 4.78 is 18.6. The molecular weight excluding hydrogens is 289 g/mol. The molecule has 0 saturated carbocycles. The van der Waals surface area contributed by atoms with Gasteiger partial charge in [0.2, 0.25) is 5.91 Å². The largest absolute Gasteiger partial charge is 0.494 e. The number of rotatable bonds is 3. The van der Waals surface area contributed by atoms with Gasteiger partial charge in [0, 0.05) is 31.7 Å². The van der Waals surface area contributed by atoms with E-state index in [2.05, 4.69) is 0 Å². The molecule has 1 heterocycles. The fraction of sp³-hybridized carbons (Fsp3) is 0.467. The number of amides is 2. The second kappa shape index (κ2) is 6.74. The summed E-state index contributed by atoms with van der Waals surface area (Å²) in [6.07, 6.45) is 0. The van der Waals surface area contributed by atoms with Crippen LogP contribution in [-0.2, 0) is 4.79 Å². The fourth-order valence-corrected chi connectivity index (χ4v) is 2.52. The van der Waals surface area contributed by atoms with Crippen LogP contribution in [0.1, 0.15) is 10.4 Å². The van der Waals surface area contributed by atoms with Crippen molar-refractivity contribution in [2.45, 2.75) is 0 Å². The van der Waals surface area contributed by atoms with Crippen molar-refractivity contribution >= 4 is 11.8 Å². The van der Waals surface area contributed by atoms with Crippen LogP contribution < -0.4 is 10.5 Å². The predicted octanol–water partition coefficient (Wildman–Crippen LogP) is 0.323. The number of carbonyl (C=O) groups excluding carboxylic acids is 2. The minimum absolute atomic E-state index is 0.0853. The monoisotopic (exact) mass is 309 g/mol. The Hall–Kier alpha value is -2.15. The van der Waals surface area contributed by atoms with Crippen LogP contribution in [0.2, 0.25) is 0 Å². The summed E-state index contributed by atoms with van der Waals surface area (Å²) in [4.78, 5) is 27.5. The van der Waals surface area contributed by atoms with Crippen LogP contribution in [0.3, 0.4) is 0 Å². The van der Waals surface area contributed by atoms with Gasteiger partial charge in [0.1, 0.15) is 0 Å². The summed E-state index contributed by atoms with van der Waals surface area (Å²) >= 11 is 0. The molecule has 2 amide bonds. The maximum atomic E-state index is 13.7. The summed E-state index contributed by atoms with van der Waals surface area (Å²) in [6, 6.07) is 4.07. The Kier molecular flexibility index (Phi) is 4.97. The molecule has 2 N–H and O–H groups in total. The summed E-state index contributed by atoms with van der Waals surface area (Å²) in [5.74, 6) is -1.69. The Labute approximate surface area is 128 Å². The number of halogens is 1. The molecule has 0 radical (unpaired) electrons. The zero-order chi connectivity index (χ0) is 16.3. The lowest BCUT2D eigenvalue weighted by Gasteiger charge is -2.22. The molecule has 1 atom stereocenters. The van der Waals surface area contributed by atoms with Crippen LogP contribution in [-0.4, -0.2) is 62.0 Å². The van der Waals surface area contributed by atoms with E-state index in [0.717, 1.165) is 6.07 Å².